The van der Waals surface area contributed by atoms with Gasteiger partial charge in [-0.25, -0.2) is 18.6 Å². The molecule has 0 spiro atoms. The number of aromatic nitrogens is 1. The third kappa shape index (κ3) is 1.58. The predicted molar refractivity (Wildman–Crippen MR) is 48.6 cm³/mol. The zero-order valence-electron chi connectivity index (χ0n) is 7.67. The lowest BCUT2D eigenvalue weighted by atomic mass is 10.1. The Morgan fingerprint density at radius 1 is 1.12 bits per heavy atom. The van der Waals surface area contributed by atoms with Gasteiger partial charge in [0.1, 0.15) is 5.56 Å². The number of fused-ring (bicyclic) bond motifs is 1. The van der Waals surface area contributed by atoms with Gasteiger partial charge >= 0.3 is 5.97 Å². The van der Waals surface area contributed by atoms with E-state index in [9.17, 15) is 18.0 Å². The fraction of sp³-hybridized carbons (Fsp3) is 0. The van der Waals surface area contributed by atoms with E-state index in [1.807, 2.05) is 0 Å². The van der Waals surface area contributed by atoms with E-state index in [0.29, 0.717) is 6.07 Å². The average molecular weight is 227 g/mol. The minimum atomic E-state index is -1.52. The van der Waals surface area contributed by atoms with E-state index in [-0.39, 0.29) is 10.9 Å². The highest BCUT2D eigenvalue weighted by Gasteiger charge is 2.14. The maximum Gasteiger partial charge on any atom is 0.340 e. The number of halogens is 3. The van der Waals surface area contributed by atoms with Gasteiger partial charge in [0, 0.05) is 11.5 Å². The summed E-state index contributed by atoms with van der Waals surface area (Å²) in [6.45, 7) is 0. The van der Waals surface area contributed by atoms with Crippen LogP contribution in [-0.2, 0) is 0 Å². The molecule has 0 saturated heterocycles. The fourth-order valence-corrected chi connectivity index (χ4v) is 1.30. The van der Waals surface area contributed by atoms with Gasteiger partial charge in [0.15, 0.2) is 11.6 Å². The van der Waals surface area contributed by atoms with Gasteiger partial charge in [-0.3, -0.25) is 0 Å². The minimum absolute atomic E-state index is 0.0256. The van der Waals surface area contributed by atoms with Crippen molar-refractivity contribution >= 4 is 16.9 Å². The van der Waals surface area contributed by atoms with Crippen LogP contribution in [0.2, 0.25) is 0 Å². The van der Waals surface area contributed by atoms with Gasteiger partial charge in [0.05, 0.1) is 5.52 Å². The number of hydrogen-bond acceptors (Lipinski definition) is 2. The third-order valence-corrected chi connectivity index (χ3v) is 2.04. The van der Waals surface area contributed by atoms with Gasteiger partial charge in [0.25, 0.3) is 0 Å². The molecule has 0 radical (unpaired) electrons. The zero-order chi connectivity index (χ0) is 11.9. The first kappa shape index (κ1) is 10.4. The fourth-order valence-electron chi connectivity index (χ4n) is 1.30. The summed E-state index contributed by atoms with van der Waals surface area (Å²) in [5.41, 5.74) is -0.820. The van der Waals surface area contributed by atoms with Crippen molar-refractivity contribution in [2.24, 2.45) is 0 Å². The Balaban J connectivity index is 2.79. The average Bonchev–Trinajstić information content (AvgIpc) is 2.19. The number of carbonyl (C=O) groups is 1. The topological polar surface area (TPSA) is 50.2 Å². The summed E-state index contributed by atoms with van der Waals surface area (Å²) in [6, 6.07) is 2.38. The molecular formula is C10H4F3NO2. The summed E-state index contributed by atoms with van der Waals surface area (Å²) in [7, 11) is 0. The molecule has 6 heteroatoms. The third-order valence-electron chi connectivity index (χ3n) is 2.04. The summed E-state index contributed by atoms with van der Waals surface area (Å²) < 4.78 is 38.7. The second kappa shape index (κ2) is 3.48. The van der Waals surface area contributed by atoms with E-state index < -0.39 is 29.1 Å². The number of rotatable bonds is 1. The number of aromatic carboxylic acids is 1. The molecule has 0 saturated carbocycles. The number of carboxylic acids is 1. The quantitative estimate of drug-likeness (QED) is 0.760. The van der Waals surface area contributed by atoms with Crippen LogP contribution in [0.15, 0.2) is 18.2 Å². The van der Waals surface area contributed by atoms with Crippen molar-refractivity contribution in [3.63, 3.8) is 0 Å². The highest BCUT2D eigenvalue weighted by molar-refractivity contribution is 5.92. The molecule has 1 aromatic heterocycles. The Bertz CT molecular complexity index is 598. The van der Waals surface area contributed by atoms with E-state index >= 15 is 0 Å². The van der Waals surface area contributed by atoms with Gasteiger partial charge in [-0.15, -0.1) is 0 Å². The zero-order valence-corrected chi connectivity index (χ0v) is 7.67. The van der Waals surface area contributed by atoms with Crippen LogP contribution in [0.4, 0.5) is 13.2 Å². The Labute approximate surface area is 87.2 Å². The van der Waals surface area contributed by atoms with Gasteiger partial charge < -0.3 is 5.11 Å². The molecular weight excluding hydrogens is 223 g/mol. The number of benzene rings is 1. The molecule has 1 heterocycles. The molecule has 3 nitrogen and oxygen atoms in total. The summed E-state index contributed by atoms with van der Waals surface area (Å²) in [5.74, 6) is -5.05. The first-order valence-electron chi connectivity index (χ1n) is 4.17. The molecule has 1 aromatic carbocycles. The van der Waals surface area contributed by atoms with Gasteiger partial charge in [0.2, 0.25) is 5.95 Å². The molecule has 2 aromatic rings. The first-order valence-corrected chi connectivity index (χ1v) is 4.17. The van der Waals surface area contributed by atoms with E-state index in [1.54, 1.807) is 0 Å². The highest BCUT2D eigenvalue weighted by atomic mass is 19.2. The summed E-state index contributed by atoms with van der Waals surface area (Å²) in [6.07, 6.45) is 0. The molecule has 82 valence electrons. The van der Waals surface area contributed by atoms with Crippen molar-refractivity contribution in [2.75, 3.05) is 0 Å². The molecule has 1 N–H and O–H groups in total. The smallest absolute Gasteiger partial charge is 0.340 e. The molecule has 16 heavy (non-hydrogen) atoms. The standard InChI is InChI=1S/C10H4F3NO2/c11-6-2-4-1-5(10(15)16)9(13)14-8(4)3-7(6)12/h1-3H,(H,15,16). The molecule has 2 rings (SSSR count). The lowest BCUT2D eigenvalue weighted by molar-refractivity contribution is 0.0691. The second-order valence-corrected chi connectivity index (χ2v) is 3.09. The van der Waals surface area contributed by atoms with E-state index in [0.717, 1.165) is 12.1 Å². The molecule has 0 aliphatic carbocycles. The van der Waals surface area contributed by atoms with Crippen LogP contribution in [0.5, 0.6) is 0 Å². The molecule has 0 unspecified atom stereocenters. The molecule has 0 fully saturated rings. The number of nitrogens with zero attached hydrogens (tertiary/aromatic N) is 1. The van der Waals surface area contributed by atoms with Gasteiger partial charge in [-0.05, 0) is 12.1 Å². The van der Waals surface area contributed by atoms with Crippen molar-refractivity contribution < 1.29 is 23.1 Å². The van der Waals surface area contributed by atoms with Crippen LogP contribution in [0.25, 0.3) is 10.9 Å². The highest BCUT2D eigenvalue weighted by Crippen LogP contribution is 2.19. The lowest BCUT2D eigenvalue weighted by Gasteiger charge is -2.01. The first-order chi connectivity index (χ1) is 7.49. The van der Waals surface area contributed by atoms with E-state index in [2.05, 4.69) is 4.98 Å². The van der Waals surface area contributed by atoms with Crippen LogP contribution < -0.4 is 0 Å². The summed E-state index contributed by atoms with van der Waals surface area (Å²) in [4.78, 5) is 13.8. The Hall–Kier alpha value is -2.11. The second-order valence-electron chi connectivity index (χ2n) is 3.09. The maximum atomic E-state index is 13.1. The van der Waals surface area contributed by atoms with Crippen molar-refractivity contribution in [3.8, 4) is 0 Å². The predicted octanol–water partition coefficient (Wildman–Crippen LogP) is 2.35. The Morgan fingerprint density at radius 3 is 2.38 bits per heavy atom. The molecule has 0 atom stereocenters. The minimum Gasteiger partial charge on any atom is -0.478 e. The maximum absolute atomic E-state index is 13.1. The van der Waals surface area contributed by atoms with E-state index in [1.165, 1.54) is 0 Å². The lowest BCUT2D eigenvalue weighted by Crippen LogP contribution is -2.03. The molecule has 0 aliphatic heterocycles. The number of hydrogen-bond donors (Lipinski definition) is 1. The van der Waals surface area contributed by atoms with Crippen molar-refractivity contribution in [3.05, 3.63) is 41.3 Å². The van der Waals surface area contributed by atoms with E-state index in [4.69, 9.17) is 5.11 Å². The van der Waals surface area contributed by atoms with Crippen molar-refractivity contribution in [1.82, 2.24) is 4.98 Å². The molecule has 0 bridgehead atoms. The van der Waals surface area contributed by atoms with Gasteiger partial charge in [-0.2, -0.15) is 4.39 Å². The van der Waals surface area contributed by atoms with Crippen LogP contribution in [-0.4, -0.2) is 16.1 Å². The SMILES string of the molecule is O=C(O)c1cc2cc(F)c(F)cc2nc1F. The number of carboxylic acid groups (broad SMARTS) is 1. The van der Waals surface area contributed by atoms with Crippen LogP contribution in [0, 0.1) is 17.6 Å². The van der Waals surface area contributed by atoms with Crippen LogP contribution in [0.3, 0.4) is 0 Å². The molecule has 0 amide bonds. The van der Waals surface area contributed by atoms with Crippen molar-refractivity contribution in [1.29, 1.82) is 0 Å². The van der Waals surface area contributed by atoms with Crippen molar-refractivity contribution in [2.45, 2.75) is 0 Å². The van der Waals surface area contributed by atoms with Crippen LogP contribution in [0.1, 0.15) is 10.4 Å². The summed E-state index contributed by atoms with van der Waals surface area (Å²) >= 11 is 0. The molecule has 0 aliphatic rings. The normalized spacial score (nSPS) is 10.7. The monoisotopic (exact) mass is 227 g/mol. The number of pyridine rings is 1. The van der Waals surface area contributed by atoms with Crippen LogP contribution >= 0.6 is 0 Å². The summed E-state index contributed by atoms with van der Waals surface area (Å²) in [5, 5.41) is 8.63. The Kier molecular flexibility index (Phi) is 2.26. The van der Waals surface area contributed by atoms with Gasteiger partial charge in [-0.1, -0.05) is 0 Å². The Morgan fingerprint density at radius 2 is 1.75 bits per heavy atom. The largest absolute Gasteiger partial charge is 0.478 e.